The van der Waals surface area contributed by atoms with Gasteiger partial charge >= 0.3 is 0 Å². The number of hydrogen-bond donors (Lipinski definition) is 0. The number of nitrogens with zero attached hydrogens (tertiary/aromatic N) is 3. The predicted molar refractivity (Wildman–Crippen MR) is 111 cm³/mol. The first-order chi connectivity index (χ1) is 14.1. The zero-order valence-corrected chi connectivity index (χ0v) is 16.8. The molecule has 1 aromatic heterocycles. The first-order valence-electron chi connectivity index (χ1n) is 9.19. The van der Waals surface area contributed by atoms with E-state index >= 15 is 0 Å². The monoisotopic (exact) mass is 449 g/mol. The van der Waals surface area contributed by atoms with E-state index in [1.807, 2.05) is 42.5 Å². The largest absolute Gasteiger partial charge is 0.273 e. The first kappa shape index (κ1) is 18.0. The Kier molecular flexibility index (Phi) is 4.41. The highest BCUT2D eigenvalue weighted by atomic mass is 79.9. The molecular formula is C22H16BrN3O3. The third-order valence-corrected chi connectivity index (χ3v) is 5.77. The summed E-state index contributed by atoms with van der Waals surface area (Å²) < 4.78 is 0.931. The van der Waals surface area contributed by atoms with E-state index in [0.717, 1.165) is 15.7 Å². The quantitative estimate of drug-likeness (QED) is 0.567. The second-order valence-corrected chi connectivity index (χ2v) is 7.85. The van der Waals surface area contributed by atoms with Gasteiger partial charge in [0.05, 0.1) is 17.4 Å². The lowest BCUT2D eigenvalue weighted by molar-refractivity contribution is -0.126. The number of para-hydroxylation sites is 1. The maximum absolute atomic E-state index is 13.4. The average molecular weight is 450 g/mol. The molecule has 0 spiro atoms. The van der Waals surface area contributed by atoms with Crippen LogP contribution in [0.5, 0.6) is 0 Å². The second-order valence-electron chi connectivity index (χ2n) is 6.93. The molecule has 0 unspecified atom stereocenters. The van der Waals surface area contributed by atoms with Gasteiger partial charge in [-0.3, -0.25) is 19.4 Å². The molecule has 0 aliphatic carbocycles. The number of hydrogen-bond acceptors (Lipinski definition) is 5. The number of fused-ring (bicyclic) bond motifs is 1. The number of pyridine rings is 1. The molecule has 0 saturated carbocycles. The van der Waals surface area contributed by atoms with Crippen LogP contribution in [0.4, 0.5) is 11.4 Å². The molecule has 2 aromatic carbocycles. The number of hydroxylamine groups is 1. The maximum atomic E-state index is 13.4. The number of amides is 2. The zero-order valence-electron chi connectivity index (χ0n) is 15.2. The van der Waals surface area contributed by atoms with Crippen LogP contribution in [0.25, 0.3) is 0 Å². The van der Waals surface area contributed by atoms with Gasteiger partial charge < -0.3 is 0 Å². The Morgan fingerprint density at radius 1 is 0.862 bits per heavy atom. The fraction of sp³-hybridized carbons (Fsp3) is 0.136. The fourth-order valence-corrected chi connectivity index (χ4v) is 4.21. The van der Waals surface area contributed by atoms with Crippen molar-refractivity contribution < 1.29 is 14.4 Å². The van der Waals surface area contributed by atoms with Crippen molar-refractivity contribution in [3.63, 3.8) is 0 Å². The SMILES string of the molecule is O=C1[C@H]2[C@@H](ON(c3ccc(Br)cc3)[C@H]2c2cccnc2)C(=O)N1c1ccccc1. The molecule has 2 saturated heterocycles. The Balaban J connectivity index is 1.58. The van der Waals surface area contributed by atoms with E-state index in [4.69, 9.17) is 4.84 Å². The van der Waals surface area contributed by atoms with Crippen molar-refractivity contribution in [2.24, 2.45) is 5.92 Å². The summed E-state index contributed by atoms with van der Waals surface area (Å²) in [5.74, 6) is -1.27. The minimum absolute atomic E-state index is 0.264. The van der Waals surface area contributed by atoms with Gasteiger partial charge in [0, 0.05) is 16.9 Å². The van der Waals surface area contributed by atoms with Crippen LogP contribution in [0.15, 0.2) is 83.6 Å². The number of carbonyl (C=O) groups is 2. The van der Waals surface area contributed by atoms with Crippen LogP contribution in [0, 0.1) is 5.92 Å². The van der Waals surface area contributed by atoms with Crippen LogP contribution in [0.1, 0.15) is 11.6 Å². The van der Waals surface area contributed by atoms with Gasteiger partial charge in [-0.25, -0.2) is 9.96 Å². The van der Waals surface area contributed by atoms with E-state index in [-0.39, 0.29) is 11.8 Å². The Bertz CT molecular complexity index is 1060. The molecule has 6 nitrogen and oxygen atoms in total. The highest BCUT2D eigenvalue weighted by Crippen LogP contribution is 2.47. The van der Waals surface area contributed by atoms with E-state index < -0.39 is 18.1 Å². The summed E-state index contributed by atoms with van der Waals surface area (Å²) in [5.41, 5.74) is 2.14. The zero-order chi connectivity index (χ0) is 20.0. The van der Waals surface area contributed by atoms with Gasteiger partial charge in [0.25, 0.3) is 5.91 Å². The maximum Gasteiger partial charge on any atom is 0.266 e. The summed E-state index contributed by atoms with van der Waals surface area (Å²) >= 11 is 3.43. The Labute approximate surface area is 175 Å². The number of imide groups is 1. The molecule has 2 aliphatic heterocycles. The van der Waals surface area contributed by atoms with Gasteiger partial charge in [0.2, 0.25) is 5.91 Å². The Morgan fingerprint density at radius 3 is 2.31 bits per heavy atom. The van der Waals surface area contributed by atoms with Crippen molar-refractivity contribution in [1.29, 1.82) is 0 Å². The van der Waals surface area contributed by atoms with E-state index in [9.17, 15) is 9.59 Å². The van der Waals surface area contributed by atoms with E-state index in [1.165, 1.54) is 4.90 Å². The smallest absolute Gasteiger partial charge is 0.266 e. The van der Waals surface area contributed by atoms with Crippen molar-refractivity contribution in [2.45, 2.75) is 12.1 Å². The van der Waals surface area contributed by atoms with Gasteiger partial charge in [-0.2, -0.15) is 0 Å². The van der Waals surface area contributed by atoms with Crippen LogP contribution < -0.4 is 9.96 Å². The number of rotatable bonds is 3. The topological polar surface area (TPSA) is 62.7 Å². The summed E-state index contributed by atoms with van der Waals surface area (Å²) in [4.78, 5) is 38.1. The van der Waals surface area contributed by atoms with Gasteiger partial charge in [-0.1, -0.05) is 40.2 Å². The van der Waals surface area contributed by atoms with Crippen molar-refractivity contribution in [1.82, 2.24) is 4.98 Å². The third kappa shape index (κ3) is 2.94. The molecule has 144 valence electrons. The van der Waals surface area contributed by atoms with Gasteiger partial charge in [0.1, 0.15) is 5.92 Å². The average Bonchev–Trinajstić information content (AvgIpc) is 3.26. The Morgan fingerprint density at radius 2 is 1.62 bits per heavy atom. The van der Waals surface area contributed by atoms with Crippen molar-refractivity contribution in [2.75, 3.05) is 9.96 Å². The molecule has 5 rings (SSSR count). The fourth-order valence-electron chi connectivity index (χ4n) is 3.95. The van der Waals surface area contributed by atoms with Crippen molar-refractivity contribution in [3.8, 4) is 0 Å². The molecule has 29 heavy (non-hydrogen) atoms. The van der Waals surface area contributed by atoms with Crippen LogP contribution in [-0.2, 0) is 14.4 Å². The van der Waals surface area contributed by atoms with E-state index in [2.05, 4.69) is 20.9 Å². The molecule has 2 fully saturated rings. The lowest BCUT2D eigenvalue weighted by Crippen LogP contribution is -2.37. The van der Waals surface area contributed by atoms with Crippen molar-refractivity contribution in [3.05, 3.63) is 89.2 Å². The number of benzene rings is 2. The van der Waals surface area contributed by atoms with Gasteiger partial charge in [0.15, 0.2) is 6.10 Å². The van der Waals surface area contributed by atoms with Gasteiger partial charge in [-0.15, -0.1) is 0 Å². The van der Waals surface area contributed by atoms with Crippen LogP contribution >= 0.6 is 15.9 Å². The predicted octanol–water partition coefficient (Wildman–Crippen LogP) is 3.90. The minimum Gasteiger partial charge on any atom is -0.273 e. The summed E-state index contributed by atoms with van der Waals surface area (Å²) in [6.07, 6.45) is 2.51. The molecule has 3 atom stereocenters. The minimum atomic E-state index is -0.878. The molecule has 2 amide bonds. The van der Waals surface area contributed by atoms with Crippen LogP contribution in [-0.4, -0.2) is 22.9 Å². The van der Waals surface area contributed by atoms with E-state index in [0.29, 0.717) is 5.69 Å². The number of anilines is 2. The van der Waals surface area contributed by atoms with Gasteiger partial charge in [-0.05, 0) is 48.0 Å². The standard InChI is InChI=1S/C22H16BrN3O3/c23-15-8-10-17(11-9-15)26-19(14-5-4-12-24-13-14)18-20(29-26)22(28)25(21(18)27)16-6-2-1-3-7-16/h1-13,18-20H/t18-,19+,20-/m1/s1. The molecule has 0 N–H and O–H groups in total. The number of aromatic nitrogens is 1. The summed E-state index contributed by atoms with van der Waals surface area (Å²) in [6, 6.07) is 19.8. The summed E-state index contributed by atoms with van der Waals surface area (Å²) in [7, 11) is 0. The molecule has 0 bridgehead atoms. The molecular weight excluding hydrogens is 434 g/mol. The summed E-state index contributed by atoms with van der Waals surface area (Å²) in [6.45, 7) is 0. The van der Waals surface area contributed by atoms with Crippen molar-refractivity contribution >= 4 is 39.1 Å². The molecule has 7 heteroatoms. The second kappa shape index (κ2) is 7.09. The van der Waals surface area contributed by atoms with Crippen LogP contribution in [0.3, 0.4) is 0 Å². The molecule has 0 radical (unpaired) electrons. The normalized spacial score (nSPS) is 23.6. The lowest BCUT2D eigenvalue weighted by Gasteiger charge is -2.28. The highest BCUT2D eigenvalue weighted by molar-refractivity contribution is 9.10. The number of halogens is 1. The van der Waals surface area contributed by atoms with E-state index in [1.54, 1.807) is 41.7 Å². The molecule has 2 aliphatic rings. The molecule has 3 aromatic rings. The molecule has 3 heterocycles. The lowest BCUT2D eigenvalue weighted by atomic mass is 9.91. The Hall–Kier alpha value is -3.03. The first-order valence-corrected chi connectivity index (χ1v) is 9.99. The van der Waals surface area contributed by atoms with Crippen LogP contribution in [0.2, 0.25) is 0 Å². The highest BCUT2D eigenvalue weighted by Gasteiger charge is 2.60. The third-order valence-electron chi connectivity index (χ3n) is 5.24. The summed E-state index contributed by atoms with van der Waals surface area (Å²) in [5, 5.41) is 1.66. The number of carbonyl (C=O) groups excluding carboxylic acids is 2.